The number of rotatable bonds is 3. The Bertz CT molecular complexity index is 284. The molecule has 1 aromatic rings. The Morgan fingerprint density at radius 1 is 1.58 bits per heavy atom. The fourth-order valence-electron chi connectivity index (χ4n) is 0.794. The summed E-state index contributed by atoms with van der Waals surface area (Å²) in [7, 11) is 0. The van der Waals surface area contributed by atoms with E-state index < -0.39 is 0 Å². The van der Waals surface area contributed by atoms with Gasteiger partial charge in [-0.15, -0.1) is 0 Å². The molecule has 0 atom stereocenters. The van der Waals surface area contributed by atoms with Gasteiger partial charge in [-0.25, -0.2) is 4.39 Å². The second-order valence-corrected chi connectivity index (χ2v) is 2.39. The van der Waals surface area contributed by atoms with Crippen molar-refractivity contribution >= 4 is 6.29 Å². The molecule has 0 aliphatic rings. The fourth-order valence-corrected chi connectivity index (χ4v) is 0.794. The van der Waals surface area contributed by atoms with Crippen LogP contribution in [0.25, 0.3) is 0 Å². The Hall–Kier alpha value is -1.38. The Morgan fingerprint density at radius 3 is 2.92 bits per heavy atom. The van der Waals surface area contributed by atoms with Crippen molar-refractivity contribution in [3.63, 3.8) is 0 Å². The molecule has 0 unspecified atom stereocenters. The zero-order valence-electron chi connectivity index (χ0n) is 6.71. The second-order valence-electron chi connectivity index (χ2n) is 2.39. The number of aryl methyl sites for hydroxylation is 1. The van der Waals surface area contributed by atoms with E-state index in [0.29, 0.717) is 17.6 Å². The summed E-state index contributed by atoms with van der Waals surface area (Å²) in [4.78, 5) is 9.91. The third kappa shape index (κ3) is 2.05. The lowest BCUT2D eigenvalue weighted by Crippen LogP contribution is -1.98. The van der Waals surface area contributed by atoms with Crippen molar-refractivity contribution in [3.8, 4) is 5.75 Å². The van der Waals surface area contributed by atoms with Crippen molar-refractivity contribution in [3.05, 3.63) is 29.6 Å². The standard InChI is InChI=1S/C9H9FO2/c1-7-2-3-8(6-9(7)10)12-5-4-11/h2-4,6H,5H2,1H3. The van der Waals surface area contributed by atoms with Gasteiger partial charge in [-0.1, -0.05) is 6.07 Å². The van der Waals surface area contributed by atoms with Crippen molar-refractivity contribution in [1.29, 1.82) is 0 Å². The van der Waals surface area contributed by atoms with Crippen LogP contribution in [0.2, 0.25) is 0 Å². The molecule has 12 heavy (non-hydrogen) atoms. The average molecular weight is 168 g/mol. The maximum Gasteiger partial charge on any atom is 0.157 e. The Labute approximate surface area is 70.0 Å². The third-order valence-corrected chi connectivity index (χ3v) is 1.46. The van der Waals surface area contributed by atoms with Gasteiger partial charge in [0.05, 0.1) is 0 Å². The normalized spacial score (nSPS) is 9.50. The van der Waals surface area contributed by atoms with Gasteiger partial charge in [-0.05, 0) is 18.6 Å². The average Bonchev–Trinajstić information content (AvgIpc) is 2.07. The van der Waals surface area contributed by atoms with Crippen LogP contribution in [0.3, 0.4) is 0 Å². The van der Waals surface area contributed by atoms with E-state index in [2.05, 4.69) is 0 Å². The minimum Gasteiger partial charge on any atom is -0.486 e. The monoisotopic (exact) mass is 168 g/mol. The van der Waals surface area contributed by atoms with Gasteiger partial charge in [0.25, 0.3) is 0 Å². The second kappa shape index (κ2) is 3.85. The smallest absolute Gasteiger partial charge is 0.157 e. The van der Waals surface area contributed by atoms with Crippen LogP contribution in [0.1, 0.15) is 5.56 Å². The molecular weight excluding hydrogens is 159 g/mol. The molecule has 0 aromatic heterocycles. The van der Waals surface area contributed by atoms with E-state index in [0.717, 1.165) is 0 Å². The highest BCUT2D eigenvalue weighted by Gasteiger charge is 1.98. The molecule has 0 aliphatic carbocycles. The quantitative estimate of drug-likeness (QED) is 0.642. The van der Waals surface area contributed by atoms with Crippen molar-refractivity contribution in [2.45, 2.75) is 6.92 Å². The van der Waals surface area contributed by atoms with Gasteiger partial charge in [0, 0.05) is 6.07 Å². The summed E-state index contributed by atoms with van der Waals surface area (Å²) in [6, 6.07) is 4.50. The van der Waals surface area contributed by atoms with Gasteiger partial charge < -0.3 is 4.74 Å². The SMILES string of the molecule is Cc1ccc(OCC=O)cc1F. The number of carbonyl (C=O) groups excluding carboxylic acids is 1. The number of hydrogen-bond acceptors (Lipinski definition) is 2. The molecule has 0 bridgehead atoms. The lowest BCUT2D eigenvalue weighted by Gasteiger charge is -2.02. The summed E-state index contributed by atoms with van der Waals surface area (Å²) < 4.78 is 17.7. The predicted molar refractivity (Wildman–Crippen MR) is 42.7 cm³/mol. The van der Waals surface area contributed by atoms with E-state index in [1.54, 1.807) is 19.1 Å². The van der Waals surface area contributed by atoms with Crippen LogP contribution in [-0.4, -0.2) is 12.9 Å². The molecule has 0 spiro atoms. The number of carbonyl (C=O) groups is 1. The van der Waals surface area contributed by atoms with E-state index in [-0.39, 0.29) is 12.4 Å². The van der Waals surface area contributed by atoms with Crippen LogP contribution in [0.4, 0.5) is 4.39 Å². The highest BCUT2D eigenvalue weighted by molar-refractivity contribution is 5.51. The summed E-state index contributed by atoms with van der Waals surface area (Å²) in [5, 5.41) is 0. The Morgan fingerprint density at radius 2 is 2.33 bits per heavy atom. The largest absolute Gasteiger partial charge is 0.486 e. The number of hydrogen-bond donors (Lipinski definition) is 0. The molecule has 3 heteroatoms. The minimum atomic E-state index is -0.321. The third-order valence-electron chi connectivity index (χ3n) is 1.46. The van der Waals surface area contributed by atoms with E-state index in [1.807, 2.05) is 0 Å². The van der Waals surface area contributed by atoms with E-state index in [1.165, 1.54) is 6.07 Å². The number of benzene rings is 1. The molecule has 0 N–H and O–H groups in total. The van der Waals surface area contributed by atoms with E-state index in [9.17, 15) is 9.18 Å². The molecule has 0 aliphatic heterocycles. The molecule has 0 saturated heterocycles. The van der Waals surface area contributed by atoms with Gasteiger partial charge in [-0.2, -0.15) is 0 Å². The van der Waals surface area contributed by atoms with Crippen molar-refractivity contribution in [1.82, 2.24) is 0 Å². The van der Waals surface area contributed by atoms with Crippen molar-refractivity contribution in [2.75, 3.05) is 6.61 Å². The van der Waals surface area contributed by atoms with Gasteiger partial charge >= 0.3 is 0 Å². The van der Waals surface area contributed by atoms with Crippen LogP contribution >= 0.6 is 0 Å². The molecule has 0 heterocycles. The zero-order chi connectivity index (χ0) is 8.97. The Balaban J connectivity index is 2.75. The topological polar surface area (TPSA) is 26.3 Å². The molecule has 1 rings (SSSR count). The van der Waals surface area contributed by atoms with Gasteiger partial charge in [-0.3, -0.25) is 4.79 Å². The van der Waals surface area contributed by atoms with Crippen LogP contribution in [-0.2, 0) is 4.79 Å². The number of ether oxygens (including phenoxy) is 1. The maximum atomic E-state index is 12.8. The van der Waals surface area contributed by atoms with Crippen LogP contribution in [0.15, 0.2) is 18.2 Å². The lowest BCUT2D eigenvalue weighted by atomic mass is 10.2. The fraction of sp³-hybridized carbons (Fsp3) is 0.222. The number of aldehydes is 1. The maximum absolute atomic E-state index is 12.8. The highest BCUT2D eigenvalue weighted by atomic mass is 19.1. The van der Waals surface area contributed by atoms with Gasteiger partial charge in [0.2, 0.25) is 0 Å². The molecular formula is C9H9FO2. The summed E-state index contributed by atoms with van der Waals surface area (Å²) in [6.07, 6.45) is 0.623. The predicted octanol–water partition coefficient (Wildman–Crippen LogP) is 1.71. The van der Waals surface area contributed by atoms with Crippen LogP contribution in [0, 0.1) is 12.7 Å². The molecule has 2 nitrogen and oxygen atoms in total. The molecule has 0 radical (unpaired) electrons. The summed E-state index contributed by atoms with van der Waals surface area (Å²) >= 11 is 0. The first kappa shape index (κ1) is 8.71. The van der Waals surface area contributed by atoms with Crippen LogP contribution in [0.5, 0.6) is 5.75 Å². The van der Waals surface area contributed by atoms with E-state index in [4.69, 9.17) is 4.74 Å². The van der Waals surface area contributed by atoms with Crippen molar-refractivity contribution in [2.24, 2.45) is 0 Å². The Kier molecular flexibility index (Phi) is 2.80. The molecule has 0 saturated carbocycles. The molecule has 64 valence electrons. The van der Waals surface area contributed by atoms with Crippen molar-refractivity contribution < 1.29 is 13.9 Å². The highest BCUT2D eigenvalue weighted by Crippen LogP contribution is 2.15. The summed E-state index contributed by atoms with van der Waals surface area (Å²) in [6.45, 7) is 1.63. The van der Waals surface area contributed by atoms with Crippen LogP contribution < -0.4 is 4.74 Å². The van der Waals surface area contributed by atoms with E-state index >= 15 is 0 Å². The first-order chi connectivity index (χ1) is 5.74. The number of halogens is 1. The lowest BCUT2D eigenvalue weighted by molar-refractivity contribution is -0.109. The molecule has 0 amide bonds. The first-order valence-electron chi connectivity index (χ1n) is 3.56. The summed E-state index contributed by atoms with van der Waals surface area (Å²) in [5.74, 6) is 0.0589. The van der Waals surface area contributed by atoms with Gasteiger partial charge in [0.1, 0.15) is 18.2 Å². The molecule has 0 fully saturated rings. The van der Waals surface area contributed by atoms with Gasteiger partial charge in [0.15, 0.2) is 6.29 Å². The minimum absolute atomic E-state index is 0.0392. The first-order valence-corrected chi connectivity index (χ1v) is 3.56. The molecule has 1 aromatic carbocycles. The summed E-state index contributed by atoms with van der Waals surface area (Å²) in [5.41, 5.74) is 0.563. The zero-order valence-corrected chi connectivity index (χ0v) is 6.71.